The predicted molar refractivity (Wildman–Crippen MR) is 50.1 cm³/mol. The normalized spacial score (nSPS) is 11.4. The van der Waals surface area contributed by atoms with E-state index in [-0.39, 0.29) is 5.56 Å². The molecule has 1 rings (SSSR count). The molecule has 0 atom stereocenters. The molecule has 14 heavy (non-hydrogen) atoms. The molecule has 0 aromatic heterocycles. The van der Waals surface area contributed by atoms with E-state index in [0.29, 0.717) is 4.47 Å². The van der Waals surface area contributed by atoms with Crippen molar-refractivity contribution in [1.29, 1.82) is 0 Å². The third-order valence-corrected chi connectivity index (χ3v) is 1.98. The van der Waals surface area contributed by atoms with Gasteiger partial charge in [0, 0.05) is 10.0 Å². The second kappa shape index (κ2) is 4.19. The molecule has 0 aliphatic rings. The van der Waals surface area contributed by atoms with Gasteiger partial charge in [0.25, 0.3) is 0 Å². The Morgan fingerprint density at radius 1 is 1.50 bits per heavy atom. The summed E-state index contributed by atoms with van der Waals surface area (Å²) in [6, 6.07) is 3.71. The van der Waals surface area contributed by atoms with Crippen LogP contribution in [0.1, 0.15) is 5.56 Å². The van der Waals surface area contributed by atoms with Crippen LogP contribution in [0.15, 0.2) is 27.8 Å². The number of rotatable bonds is 2. The molecule has 74 valence electrons. The fraction of sp³-hybridized carbons (Fsp3) is 0. The van der Waals surface area contributed by atoms with Gasteiger partial charge < -0.3 is 10.3 Å². The zero-order valence-corrected chi connectivity index (χ0v) is 8.32. The van der Waals surface area contributed by atoms with Gasteiger partial charge in [0.2, 0.25) is 0 Å². The van der Waals surface area contributed by atoms with Crippen LogP contribution in [0, 0.1) is 5.82 Å². The van der Waals surface area contributed by atoms with Crippen LogP contribution in [0.3, 0.4) is 0 Å². The lowest BCUT2D eigenvalue weighted by atomic mass is 10.1. The van der Waals surface area contributed by atoms with Gasteiger partial charge in [-0.25, -0.2) is 9.18 Å². The predicted octanol–water partition coefficient (Wildman–Crippen LogP) is 1.85. The van der Waals surface area contributed by atoms with E-state index in [2.05, 4.69) is 21.1 Å². The van der Waals surface area contributed by atoms with Crippen LogP contribution in [-0.2, 0) is 4.79 Å². The molecule has 0 fully saturated rings. The number of nitrogens with zero attached hydrogens (tertiary/aromatic N) is 1. The van der Waals surface area contributed by atoms with Crippen molar-refractivity contribution in [3.63, 3.8) is 0 Å². The molecule has 0 unspecified atom stereocenters. The molecule has 2 N–H and O–H groups in total. The number of hydrogen-bond donors (Lipinski definition) is 2. The topological polar surface area (TPSA) is 69.9 Å². The average molecular weight is 262 g/mol. The molecule has 1 aromatic rings. The number of carbonyl (C=O) groups is 1. The lowest BCUT2D eigenvalue weighted by Crippen LogP contribution is -2.16. The number of carboxylic acids is 1. The van der Waals surface area contributed by atoms with E-state index in [4.69, 9.17) is 10.3 Å². The zero-order valence-electron chi connectivity index (χ0n) is 6.74. The Morgan fingerprint density at radius 3 is 2.64 bits per heavy atom. The largest absolute Gasteiger partial charge is 0.476 e. The fourth-order valence-corrected chi connectivity index (χ4v) is 1.25. The third kappa shape index (κ3) is 2.08. The minimum absolute atomic E-state index is 0.269. The van der Waals surface area contributed by atoms with Gasteiger partial charge in [0.05, 0.1) is 0 Å². The Hall–Kier alpha value is -1.43. The summed E-state index contributed by atoms with van der Waals surface area (Å²) in [5.41, 5.74) is -1.00. The molecule has 6 heteroatoms. The quantitative estimate of drug-likeness (QED) is 0.485. The van der Waals surface area contributed by atoms with E-state index >= 15 is 0 Å². The highest BCUT2D eigenvalue weighted by atomic mass is 79.9. The molecule has 0 amide bonds. The summed E-state index contributed by atoms with van der Waals surface area (Å²) in [6.07, 6.45) is 0. The average Bonchev–Trinajstić information content (AvgIpc) is 2.11. The maximum Gasteiger partial charge on any atom is 0.358 e. The van der Waals surface area contributed by atoms with E-state index in [0.717, 1.165) is 6.07 Å². The van der Waals surface area contributed by atoms with Crippen LogP contribution in [0.25, 0.3) is 0 Å². The molecule has 0 aliphatic carbocycles. The van der Waals surface area contributed by atoms with E-state index in [9.17, 15) is 9.18 Å². The standard InChI is InChI=1S/C8H5BrFNO3/c9-4-1-2-6(10)5(3-4)7(11-14)8(12)13/h1-3,14H,(H,12,13)/b11-7-. The van der Waals surface area contributed by atoms with Crippen LogP contribution in [0.4, 0.5) is 4.39 Å². The molecule has 1 aromatic carbocycles. The summed E-state index contributed by atoms with van der Waals surface area (Å²) in [7, 11) is 0. The summed E-state index contributed by atoms with van der Waals surface area (Å²) >= 11 is 3.05. The highest BCUT2D eigenvalue weighted by Gasteiger charge is 2.17. The minimum atomic E-state index is -1.50. The van der Waals surface area contributed by atoms with Gasteiger partial charge in [-0.15, -0.1) is 0 Å². The van der Waals surface area contributed by atoms with Gasteiger partial charge in [0.1, 0.15) is 5.82 Å². The van der Waals surface area contributed by atoms with Gasteiger partial charge in [-0.1, -0.05) is 21.1 Å². The first-order valence-electron chi connectivity index (χ1n) is 3.47. The van der Waals surface area contributed by atoms with Crippen molar-refractivity contribution in [1.82, 2.24) is 0 Å². The molecule has 0 aliphatic heterocycles. The van der Waals surface area contributed by atoms with Crippen molar-refractivity contribution < 1.29 is 19.5 Å². The van der Waals surface area contributed by atoms with Crippen LogP contribution in [-0.4, -0.2) is 22.0 Å². The second-order valence-electron chi connectivity index (χ2n) is 2.38. The van der Waals surface area contributed by atoms with Crippen LogP contribution in [0.5, 0.6) is 0 Å². The Labute approximate surface area is 86.8 Å². The molecule has 0 radical (unpaired) electrons. The van der Waals surface area contributed by atoms with Crippen molar-refractivity contribution >= 4 is 27.6 Å². The Morgan fingerprint density at radius 2 is 2.14 bits per heavy atom. The molecule has 0 saturated carbocycles. The molecule has 0 spiro atoms. The monoisotopic (exact) mass is 261 g/mol. The van der Waals surface area contributed by atoms with Gasteiger partial charge in [-0.05, 0) is 18.2 Å². The van der Waals surface area contributed by atoms with E-state index in [1.165, 1.54) is 12.1 Å². The summed E-state index contributed by atoms with van der Waals surface area (Å²) in [5, 5.41) is 19.5. The van der Waals surface area contributed by atoms with Crippen LogP contribution < -0.4 is 0 Å². The highest BCUT2D eigenvalue weighted by molar-refractivity contribution is 9.10. The first kappa shape index (κ1) is 10.6. The van der Waals surface area contributed by atoms with Gasteiger partial charge >= 0.3 is 5.97 Å². The molecular formula is C8H5BrFNO3. The van der Waals surface area contributed by atoms with Gasteiger partial charge in [0.15, 0.2) is 5.71 Å². The highest BCUT2D eigenvalue weighted by Crippen LogP contribution is 2.16. The molecule has 4 nitrogen and oxygen atoms in total. The molecule has 0 heterocycles. The summed E-state index contributed by atoms with van der Waals surface area (Å²) in [6.45, 7) is 0. The number of hydrogen-bond acceptors (Lipinski definition) is 3. The molecule has 0 saturated heterocycles. The first-order chi connectivity index (χ1) is 6.56. The smallest absolute Gasteiger partial charge is 0.358 e. The van der Waals surface area contributed by atoms with Crippen molar-refractivity contribution in [2.24, 2.45) is 5.16 Å². The van der Waals surface area contributed by atoms with Crippen molar-refractivity contribution in [3.05, 3.63) is 34.1 Å². The number of aliphatic carboxylic acids is 1. The fourth-order valence-electron chi connectivity index (χ4n) is 0.891. The summed E-state index contributed by atoms with van der Waals surface area (Å²) < 4.78 is 13.6. The summed E-state index contributed by atoms with van der Waals surface area (Å²) in [5.74, 6) is -2.26. The van der Waals surface area contributed by atoms with Crippen LogP contribution >= 0.6 is 15.9 Å². The second-order valence-corrected chi connectivity index (χ2v) is 3.29. The lowest BCUT2D eigenvalue weighted by Gasteiger charge is -2.01. The van der Waals surface area contributed by atoms with Crippen molar-refractivity contribution in [2.75, 3.05) is 0 Å². The zero-order chi connectivity index (χ0) is 10.7. The van der Waals surface area contributed by atoms with E-state index < -0.39 is 17.5 Å². The Bertz CT molecular complexity index is 406. The maximum absolute atomic E-state index is 13.1. The van der Waals surface area contributed by atoms with Crippen molar-refractivity contribution in [2.45, 2.75) is 0 Å². The number of halogens is 2. The lowest BCUT2D eigenvalue weighted by molar-refractivity contribution is -0.129. The molecular weight excluding hydrogens is 257 g/mol. The minimum Gasteiger partial charge on any atom is -0.476 e. The Kier molecular flexibility index (Phi) is 3.19. The maximum atomic E-state index is 13.1. The Balaban J connectivity index is 3.30. The third-order valence-electron chi connectivity index (χ3n) is 1.49. The van der Waals surface area contributed by atoms with E-state index in [1.54, 1.807) is 0 Å². The first-order valence-corrected chi connectivity index (χ1v) is 4.26. The molecule has 0 bridgehead atoms. The SMILES string of the molecule is O=C(O)/C(=N\O)c1cc(Br)ccc1F. The van der Waals surface area contributed by atoms with Gasteiger partial charge in [-0.2, -0.15) is 0 Å². The number of oxime groups is 1. The van der Waals surface area contributed by atoms with Crippen LogP contribution in [0.2, 0.25) is 0 Å². The van der Waals surface area contributed by atoms with Gasteiger partial charge in [-0.3, -0.25) is 0 Å². The number of benzene rings is 1. The number of carboxylic acid groups (broad SMARTS) is 1. The van der Waals surface area contributed by atoms with Crippen molar-refractivity contribution in [3.8, 4) is 0 Å². The summed E-state index contributed by atoms with van der Waals surface area (Å²) in [4.78, 5) is 10.5. The van der Waals surface area contributed by atoms with E-state index in [1.807, 2.05) is 0 Å².